The number of carbonyl (C=O) groups excluding carboxylic acids is 1. The minimum Gasteiger partial charge on any atom is -0.481 e. The lowest BCUT2D eigenvalue weighted by Gasteiger charge is -2.25. The number of ketones is 1. The van der Waals surface area contributed by atoms with Crippen molar-refractivity contribution in [3.8, 4) is 0 Å². The number of hydrazone groups is 1. The van der Waals surface area contributed by atoms with Crippen LogP contribution < -0.4 is 5.73 Å². The van der Waals surface area contributed by atoms with E-state index in [2.05, 4.69) is 5.10 Å². The number of nitrogens with zero attached hydrogens (tertiary/aromatic N) is 2. The van der Waals surface area contributed by atoms with E-state index in [9.17, 15) is 9.59 Å². The minimum atomic E-state index is -1.14. The Morgan fingerprint density at radius 3 is 2.62 bits per heavy atom. The van der Waals surface area contributed by atoms with Gasteiger partial charge in [0, 0.05) is 13.0 Å². The summed E-state index contributed by atoms with van der Waals surface area (Å²) in [4.78, 5) is 22.6. The zero-order valence-electron chi connectivity index (χ0n) is 9.73. The van der Waals surface area contributed by atoms with Gasteiger partial charge >= 0.3 is 5.97 Å². The highest BCUT2D eigenvalue weighted by molar-refractivity contribution is 6.15. The average molecular weight is 227 g/mol. The van der Waals surface area contributed by atoms with E-state index >= 15 is 0 Å². The molecule has 0 saturated heterocycles. The molecule has 1 aliphatic rings. The number of hydrogen-bond acceptors (Lipinski definition) is 5. The molecule has 0 radical (unpaired) electrons. The van der Waals surface area contributed by atoms with Gasteiger partial charge in [-0.05, 0) is 6.92 Å². The monoisotopic (exact) mass is 227 g/mol. The molecule has 0 aromatic carbocycles. The molecule has 0 aromatic heterocycles. The smallest absolute Gasteiger partial charge is 0.304 e. The molecule has 1 heterocycles. The quantitative estimate of drug-likeness (QED) is 0.686. The van der Waals surface area contributed by atoms with Gasteiger partial charge in [-0.25, -0.2) is 0 Å². The lowest BCUT2D eigenvalue weighted by Crippen LogP contribution is -2.57. The molecule has 6 heteroatoms. The highest BCUT2D eigenvalue weighted by Gasteiger charge is 2.44. The highest BCUT2D eigenvalue weighted by atomic mass is 16.4. The first-order chi connectivity index (χ1) is 7.27. The van der Waals surface area contributed by atoms with E-state index in [0.717, 1.165) is 0 Å². The second kappa shape index (κ2) is 4.21. The van der Waals surface area contributed by atoms with Crippen molar-refractivity contribution in [2.45, 2.75) is 25.8 Å². The van der Waals surface area contributed by atoms with Gasteiger partial charge in [-0.2, -0.15) is 5.10 Å². The summed E-state index contributed by atoms with van der Waals surface area (Å²) in [6.45, 7) is 3.58. The molecular formula is C10H17N3O3. The summed E-state index contributed by atoms with van der Waals surface area (Å²) in [6, 6.07) is 0. The molecule has 0 spiro atoms. The lowest BCUT2D eigenvalue weighted by atomic mass is 9.83. The van der Waals surface area contributed by atoms with Crippen molar-refractivity contribution in [3.05, 3.63) is 0 Å². The molecule has 2 unspecified atom stereocenters. The summed E-state index contributed by atoms with van der Waals surface area (Å²) >= 11 is 0. The molecule has 0 saturated carbocycles. The normalized spacial score (nSPS) is 26.5. The third kappa shape index (κ3) is 2.21. The van der Waals surface area contributed by atoms with Gasteiger partial charge < -0.3 is 10.8 Å². The van der Waals surface area contributed by atoms with E-state index in [0.29, 0.717) is 12.3 Å². The number of Topliss-reactive ketones (excluding diaryl/α,β-unsaturated/α-hetero) is 1. The van der Waals surface area contributed by atoms with Crippen LogP contribution in [0, 0.1) is 5.92 Å². The second-order valence-corrected chi connectivity index (χ2v) is 4.34. The summed E-state index contributed by atoms with van der Waals surface area (Å²) in [5, 5.41) is 14.3. The summed E-state index contributed by atoms with van der Waals surface area (Å²) in [5.74, 6) is -1.86. The van der Waals surface area contributed by atoms with Crippen molar-refractivity contribution < 1.29 is 14.7 Å². The Hall–Kier alpha value is -1.43. The number of carboxylic acid groups (broad SMARTS) is 1. The Morgan fingerprint density at radius 2 is 2.25 bits per heavy atom. The summed E-state index contributed by atoms with van der Waals surface area (Å²) < 4.78 is 0. The van der Waals surface area contributed by atoms with Gasteiger partial charge in [0.15, 0.2) is 5.78 Å². The van der Waals surface area contributed by atoms with Crippen LogP contribution in [0.25, 0.3) is 0 Å². The molecule has 90 valence electrons. The van der Waals surface area contributed by atoms with Crippen LogP contribution in [0.5, 0.6) is 0 Å². The molecule has 16 heavy (non-hydrogen) atoms. The van der Waals surface area contributed by atoms with E-state index < -0.39 is 17.4 Å². The second-order valence-electron chi connectivity index (χ2n) is 4.34. The molecule has 0 fully saturated rings. The lowest BCUT2D eigenvalue weighted by molar-refractivity contribution is -0.140. The van der Waals surface area contributed by atoms with E-state index in [1.54, 1.807) is 25.9 Å². The number of carbonyl (C=O) groups is 2. The average Bonchev–Trinajstić information content (AvgIpc) is 2.39. The molecule has 0 aromatic rings. The first-order valence-corrected chi connectivity index (χ1v) is 5.09. The zero-order chi connectivity index (χ0) is 12.5. The fraction of sp³-hybridized carbons (Fsp3) is 0.700. The van der Waals surface area contributed by atoms with Crippen LogP contribution in [0.2, 0.25) is 0 Å². The van der Waals surface area contributed by atoms with Crippen LogP contribution >= 0.6 is 0 Å². The van der Waals surface area contributed by atoms with Gasteiger partial charge in [0.2, 0.25) is 0 Å². The van der Waals surface area contributed by atoms with Crippen molar-refractivity contribution in [3.63, 3.8) is 0 Å². The zero-order valence-corrected chi connectivity index (χ0v) is 9.73. The maximum Gasteiger partial charge on any atom is 0.304 e. The first-order valence-electron chi connectivity index (χ1n) is 5.09. The van der Waals surface area contributed by atoms with Crippen molar-refractivity contribution in [1.29, 1.82) is 0 Å². The topological polar surface area (TPSA) is 96.0 Å². The Labute approximate surface area is 94.1 Å². The number of rotatable bonds is 4. The van der Waals surface area contributed by atoms with E-state index in [-0.39, 0.29) is 12.2 Å². The predicted molar refractivity (Wildman–Crippen MR) is 59.1 cm³/mol. The number of nitrogens with two attached hydrogens (primary N) is 1. The predicted octanol–water partition coefficient (Wildman–Crippen LogP) is -0.315. The molecule has 2 atom stereocenters. The third-order valence-electron chi connectivity index (χ3n) is 2.81. The van der Waals surface area contributed by atoms with Gasteiger partial charge in [0.05, 0.1) is 18.7 Å². The Balaban J connectivity index is 2.82. The number of hydrogen-bond donors (Lipinski definition) is 2. The molecule has 3 N–H and O–H groups in total. The Bertz CT molecular complexity index is 353. The third-order valence-corrected chi connectivity index (χ3v) is 2.81. The maximum absolute atomic E-state index is 12.1. The van der Waals surface area contributed by atoms with E-state index in [4.69, 9.17) is 10.8 Å². The number of aliphatic carboxylic acids is 1. The number of likely N-dealkylation sites (N-methyl/N-ethyl adjacent to an activating group) is 1. The first kappa shape index (κ1) is 12.6. The molecule has 1 rings (SSSR count). The fourth-order valence-corrected chi connectivity index (χ4v) is 1.91. The summed E-state index contributed by atoms with van der Waals surface area (Å²) in [7, 11) is 1.73. The van der Waals surface area contributed by atoms with Crippen LogP contribution in [0.15, 0.2) is 5.10 Å². The summed E-state index contributed by atoms with van der Waals surface area (Å²) in [6.07, 6.45) is -0.200. The van der Waals surface area contributed by atoms with Crippen LogP contribution in [0.1, 0.15) is 20.3 Å². The summed E-state index contributed by atoms with van der Waals surface area (Å²) in [5.41, 5.74) is 5.40. The van der Waals surface area contributed by atoms with Crippen molar-refractivity contribution in [2.24, 2.45) is 16.8 Å². The van der Waals surface area contributed by atoms with E-state index in [1.165, 1.54) is 0 Å². The van der Waals surface area contributed by atoms with Crippen LogP contribution in [-0.2, 0) is 9.59 Å². The Kier molecular flexibility index (Phi) is 3.32. The fourth-order valence-electron chi connectivity index (χ4n) is 1.91. The minimum absolute atomic E-state index is 0.200. The molecule has 0 bridgehead atoms. The van der Waals surface area contributed by atoms with Crippen LogP contribution in [0.3, 0.4) is 0 Å². The standard InChI is InChI=1S/C10H17N3O3/c1-6(4-8(14)15)9(16)10(11)5-13(3)12-7(10)2/h6H,4-5,11H2,1-3H3,(H,14,15). The van der Waals surface area contributed by atoms with Crippen LogP contribution in [0.4, 0.5) is 0 Å². The van der Waals surface area contributed by atoms with Gasteiger partial charge in [-0.3, -0.25) is 14.6 Å². The maximum atomic E-state index is 12.1. The highest BCUT2D eigenvalue weighted by Crippen LogP contribution is 2.21. The van der Waals surface area contributed by atoms with Crippen molar-refractivity contribution in [2.75, 3.05) is 13.6 Å². The largest absolute Gasteiger partial charge is 0.481 e. The molecule has 0 aliphatic carbocycles. The van der Waals surface area contributed by atoms with Gasteiger partial charge in [0.25, 0.3) is 0 Å². The van der Waals surface area contributed by atoms with E-state index in [1.807, 2.05) is 0 Å². The molecular weight excluding hydrogens is 210 g/mol. The Morgan fingerprint density at radius 1 is 1.69 bits per heavy atom. The van der Waals surface area contributed by atoms with Gasteiger partial charge in [-0.15, -0.1) is 0 Å². The van der Waals surface area contributed by atoms with Gasteiger partial charge in [-0.1, -0.05) is 6.92 Å². The number of carboxylic acids is 1. The SMILES string of the molecule is CC1=NN(C)CC1(N)C(=O)C(C)CC(=O)O. The van der Waals surface area contributed by atoms with Crippen molar-refractivity contribution in [1.82, 2.24) is 5.01 Å². The van der Waals surface area contributed by atoms with Crippen LogP contribution in [-0.4, -0.2) is 46.7 Å². The molecule has 0 amide bonds. The molecule has 6 nitrogen and oxygen atoms in total. The molecule has 1 aliphatic heterocycles. The van der Waals surface area contributed by atoms with Gasteiger partial charge in [0.1, 0.15) is 5.54 Å². The van der Waals surface area contributed by atoms with Crippen molar-refractivity contribution >= 4 is 17.5 Å².